The van der Waals surface area contributed by atoms with Crippen molar-refractivity contribution < 1.29 is 14.0 Å². The van der Waals surface area contributed by atoms with E-state index in [-0.39, 0.29) is 6.10 Å². The van der Waals surface area contributed by atoms with Gasteiger partial charge in [-0.2, -0.15) is 10.2 Å². The number of aromatic nitrogens is 5. The summed E-state index contributed by atoms with van der Waals surface area (Å²) < 4.78 is 19.5. The smallest absolute Gasteiger partial charge is 0.261 e. The number of benzene rings is 1. The van der Waals surface area contributed by atoms with Crippen molar-refractivity contribution in [1.29, 1.82) is 0 Å². The number of ether oxygens (including phenoxy) is 2. The molecular formula is C23H26N6O3. The normalized spacial score (nSPS) is 17.9. The summed E-state index contributed by atoms with van der Waals surface area (Å²) in [5, 5.41) is 17.2. The average Bonchev–Trinajstić information content (AvgIpc) is 3.44. The van der Waals surface area contributed by atoms with Gasteiger partial charge in [0.2, 0.25) is 5.88 Å². The lowest BCUT2D eigenvalue weighted by Crippen LogP contribution is -2.31. The summed E-state index contributed by atoms with van der Waals surface area (Å²) in [6.07, 6.45) is 5.73. The van der Waals surface area contributed by atoms with Gasteiger partial charge in [0.25, 0.3) is 5.88 Å². The Kier molecular flexibility index (Phi) is 5.18. The van der Waals surface area contributed by atoms with Crippen LogP contribution in [0.3, 0.4) is 0 Å². The third-order valence-electron chi connectivity index (χ3n) is 5.54. The molecular weight excluding hydrogens is 408 g/mol. The highest BCUT2D eigenvalue weighted by Gasteiger charge is 2.21. The highest BCUT2D eigenvalue weighted by molar-refractivity contribution is 5.93. The Morgan fingerprint density at radius 1 is 1.25 bits per heavy atom. The van der Waals surface area contributed by atoms with E-state index in [1.165, 1.54) is 0 Å². The molecule has 3 aromatic heterocycles. The van der Waals surface area contributed by atoms with Crippen molar-refractivity contribution in [2.75, 3.05) is 20.2 Å². The molecule has 0 fully saturated rings. The van der Waals surface area contributed by atoms with E-state index >= 15 is 0 Å². The first-order chi connectivity index (χ1) is 15.5. The number of H-pyrrole nitrogens is 1. The van der Waals surface area contributed by atoms with Gasteiger partial charge in [-0.15, -0.1) is 0 Å². The van der Waals surface area contributed by atoms with Crippen molar-refractivity contribution in [3.8, 4) is 22.9 Å². The van der Waals surface area contributed by atoms with Crippen LogP contribution in [-0.4, -0.2) is 56.3 Å². The minimum Gasteiger partial charge on any atom is -0.475 e. The van der Waals surface area contributed by atoms with Crippen molar-refractivity contribution in [2.45, 2.75) is 26.5 Å². The molecule has 9 nitrogen and oxygen atoms in total. The Hall–Kier alpha value is -3.59. The second-order valence-corrected chi connectivity index (χ2v) is 8.07. The van der Waals surface area contributed by atoms with Crippen LogP contribution in [0.25, 0.3) is 34.2 Å². The maximum Gasteiger partial charge on any atom is 0.261 e. The van der Waals surface area contributed by atoms with E-state index in [9.17, 15) is 0 Å². The van der Waals surface area contributed by atoms with Gasteiger partial charge in [-0.3, -0.25) is 10.00 Å². The van der Waals surface area contributed by atoms with E-state index in [0.717, 1.165) is 44.9 Å². The molecule has 0 saturated carbocycles. The minimum absolute atomic E-state index is 0.0687. The fourth-order valence-electron chi connectivity index (χ4n) is 4.06. The number of aromatic amines is 1. The third kappa shape index (κ3) is 3.64. The molecule has 2 bridgehead atoms. The van der Waals surface area contributed by atoms with E-state index in [2.05, 4.69) is 38.3 Å². The van der Waals surface area contributed by atoms with Crippen LogP contribution in [-0.2, 0) is 13.6 Å². The van der Waals surface area contributed by atoms with Gasteiger partial charge >= 0.3 is 0 Å². The predicted molar refractivity (Wildman–Crippen MR) is 121 cm³/mol. The van der Waals surface area contributed by atoms with Gasteiger partial charge in [-0.1, -0.05) is 6.07 Å². The number of aryl methyl sites for hydroxylation is 1. The lowest BCUT2D eigenvalue weighted by Gasteiger charge is -2.22. The fourth-order valence-corrected chi connectivity index (χ4v) is 4.06. The van der Waals surface area contributed by atoms with E-state index in [4.69, 9.17) is 14.0 Å². The van der Waals surface area contributed by atoms with Crippen molar-refractivity contribution in [1.82, 2.24) is 30.0 Å². The molecule has 0 amide bonds. The van der Waals surface area contributed by atoms with Crippen LogP contribution in [0.4, 0.5) is 0 Å². The summed E-state index contributed by atoms with van der Waals surface area (Å²) in [7, 11) is 3.92. The second kappa shape index (κ2) is 8.16. The van der Waals surface area contributed by atoms with Crippen LogP contribution in [0.5, 0.6) is 11.8 Å². The van der Waals surface area contributed by atoms with Crippen LogP contribution in [0.2, 0.25) is 0 Å². The standard InChI is InChI=1S/C23H26N6O3/c1-5-30-22-16-7-9-20-17-10-15(6-8-19(17)25-26-20)18-11-24-29(4)23(18)31-14(2)12-28(3)13-21(16)32-27-22/h6-11,14H,5,12-13H2,1-4H3,(H,25,26)/b9-7+. The van der Waals surface area contributed by atoms with Crippen LogP contribution >= 0.6 is 0 Å². The van der Waals surface area contributed by atoms with Gasteiger partial charge in [0.1, 0.15) is 6.10 Å². The first kappa shape index (κ1) is 20.3. The molecule has 1 aromatic carbocycles. The van der Waals surface area contributed by atoms with Crippen molar-refractivity contribution in [2.24, 2.45) is 7.05 Å². The Bertz CT molecular complexity index is 1280. The predicted octanol–water partition coefficient (Wildman–Crippen LogP) is 3.73. The molecule has 1 aliphatic heterocycles. The fraction of sp³-hybridized carbons (Fsp3) is 0.348. The Morgan fingerprint density at radius 2 is 2.12 bits per heavy atom. The van der Waals surface area contributed by atoms with Crippen molar-refractivity contribution in [3.05, 3.63) is 41.4 Å². The maximum absolute atomic E-state index is 6.34. The van der Waals surface area contributed by atoms with Gasteiger partial charge in [0.05, 0.1) is 41.7 Å². The minimum atomic E-state index is -0.0687. The summed E-state index contributed by atoms with van der Waals surface area (Å²) in [4.78, 5) is 2.14. The van der Waals surface area contributed by atoms with Gasteiger partial charge in [0.15, 0.2) is 5.76 Å². The molecule has 1 atom stereocenters. The van der Waals surface area contributed by atoms with Gasteiger partial charge < -0.3 is 14.0 Å². The van der Waals surface area contributed by atoms with Crippen molar-refractivity contribution in [3.63, 3.8) is 0 Å². The van der Waals surface area contributed by atoms with Gasteiger partial charge in [-0.25, -0.2) is 4.68 Å². The molecule has 0 saturated heterocycles. The van der Waals surface area contributed by atoms with Crippen LogP contribution < -0.4 is 9.47 Å². The SMILES string of the molecule is CCOc1noc2c1/C=C/c1[nH]nc3ccc(cc13)-c1cnn(C)c1OC(C)CN(C)C2. The monoisotopic (exact) mass is 434 g/mol. The molecule has 0 radical (unpaired) electrons. The number of rotatable bonds is 2. The molecule has 4 heterocycles. The number of nitrogens with zero attached hydrogens (tertiary/aromatic N) is 5. The quantitative estimate of drug-likeness (QED) is 0.514. The third-order valence-corrected chi connectivity index (χ3v) is 5.54. The zero-order valence-corrected chi connectivity index (χ0v) is 18.6. The number of nitrogens with one attached hydrogen (secondary N) is 1. The highest BCUT2D eigenvalue weighted by atomic mass is 16.5. The van der Waals surface area contributed by atoms with Crippen molar-refractivity contribution >= 4 is 23.1 Å². The topological polar surface area (TPSA) is 94.2 Å². The van der Waals surface area contributed by atoms with Gasteiger partial charge in [-0.05, 0) is 55.9 Å². The Morgan fingerprint density at radius 3 is 2.97 bits per heavy atom. The molecule has 1 N–H and O–H groups in total. The first-order valence-corrected chi connectivity index (χ1v) is 10.7. The lowest BCUT2D eigenvalue weighted by molar-refractivity contribution is 0.142. The summed E-state index contributed by atoms with van der Waals surface area (Å²) in [6, 6.07) is 6.15. The maximum atomic E-state index is 6.34. The molecule has 166 valence electrons. The molecule has 9 heteroatoms. The summed E-state index contributed by atoms with van der Waals surface area (Å²) in [5.74, 6) is 1.96. The number of hydrogen-bond acceptors (Lipinski definition) is 7. The molecule has 4 aromatic rings. The van der Waals surface area contributed by atoms with E-state index in [1.807, 2.05) is 51.5 Å². The number of likely N-dealkylation sites (N-methyl/N-ethyl adjacent to an activating group) is 1. The van der Waals surface area contributed by atoms with Crippen LogP contribution in [0.15, 0.2) is 28.9 Å². The molecule has 32 heavy (non-hydrogen) atoms. The summed E-state index contributed by atoms with van der Waals surface area (Å²) in [5.41, 5.74) is 4.57. The Balaban J connectivity index is 1.67. The van der Waals surface area contributed by atoms with Gasteiger partial charge in [0, 0.05) is 19.0 Å². The summed E-state index contributed by atoms with van der Waals surface area (Å²) in [6.45, 7) is 5.75. The van der Waals surface area contributed by atoms with Crippen LogP contribution in [0, 0.1) is 0 Å². The van der Waals surface area contributed by atoms with Crippen LogP contribution in [0.1, 0.15) is 30.9 Å². The van der Waals surface area contributed by atoms with E-state index in [0.29, 0.717) is 25.6 Å². The summed E-state index contributed by atoms with van der Waals surface area (Å²) >= 11 is 0. The highest BCUT2D eigenvalue weighted by Crippen LogP contribution is 2.34. The average molecular weight is 435 g/mol. The number of hydrogen-bond donors (Lipinski definition) is 1. The molecule has 5 rings (SSSR count). The molecule has 0 aliphatic carbocycles. The molecule has 0 spiro atoms. The zero-order valence-electron chi connectivity index (χ0n) is 18.6. The molecule has 1 unspecified atom stereocenters. The molecule has 1 aliphatic rings. The number of fused-ring (bicyclic) bond motifs is 4. The lowest BCUT2D eigenvalue weighted by atomic mass is 10.1. The largest absolute Gasteiger partial charge is 0.475 e. The van der Waals surface area contributed by atoms with E-state index in [1.54, 1.807) is 4.68 Å². The Labute approximate surface area is 185 Å². The zero-order chi connectivity index (χ0) is 22.2. The second-order valence-electron chi connectivity index (χ2n) is 8.07. The van der Waals surface area contributed by atoms with E-state index < -0.39 is 0 Å². The first-order valence-electron chi connectivity index (χ1n) is 10.7.